The molecule has 0 bridgehead atoms. The number of fused-ring (bicyclic) bond motifs is 1. The molecule has 2 aromatic carbocycles. The lowest BCUT2D eigenvalue weighted by Gasteiger charge is -2.06. The fraction of sp³-hybridized carbons (Fsp3) is 0.333. The van der Waals surface area contributed by atoms with Gasteiger partial charge in [-0.3, -0.25) is 0 Å². The van der Waals surface area contributed by atoms with E-state index in [2.05, 4.69) is 30.3 Å². The van der Waals surface area contributed by atoms with E-state index in [0.717, 1.165) is 25.4 Å². The second-order valence-electron chi connectivity index (χ2n) is 3.99. The largest absolute Gasteiger partial charge is 0.497 e. The Bertz CT molecular complexity index is 491. The second-order valence-corrected chi connectivity index (χ2v) is 3.99. The highest BCUT2D eigenvalue weighted by molar-refractivity contribution is 5.84. The molecule has 2 aromatic rings. The Hall–Kier alpha value is -1.54. The summed E-state index contributed by atoms with van der Waals surface area (Å²) in [5, 5.41) is 2.46. The van der Waals surface area contributed by atoms with Crippen LogP contribution in [0.3, 0.4) is 0 Å². The van der Waals surface area contributed by atoms with Gasteiger partial charge < -0.3 is 9.47 Å². The van der Waals surface area contributed by atoms with Crippen LogP contribution in [0, 0.1) is 0 Å². The summed E-state index contributed by atoms with van der Waals surface area (Å²) in [5.74, 6) is 0.902. The van der Waals surface area contributed by atoms with Crippen LogP contribution in [-0.4, -0.2) is 20.3 Å². The van der Waals surface area contributed by atoms with Crippen molar-refractivity contribution in [1.29, 1.82) is 0 Å². The molecule has 0 aromatic heterocycles. The minimum Gasteiger partial charge on any atom is -0.497 e. The molecule has 0 aliphatic heterocycles. The molecular formula is C15H18O2. The molecule has 0 saturated carbocycles. The Morgan fingerprint density at radius 1 is 1.00 bits per heavy atom. The molecule has 0 amide bonds. The van der Waals surface area contributed by atoms with E-state index in [1.165, 1.54) is 16.3 Å². The van der Waals surface area contributed by atoms with Crippen molar-refractivity contribution in [3.63, 3.8) is 0 Å². The summed E-state index contributed by atoms with van der Waals surface area (Å²) in [7, 11) is 1.69. The first-order valence-corrected chi connectivity index (χ1v) is 5.98. The molecule has 2 heteroatoms. The quantitative estimate of drug-likeness (QED) is 0.733. The highest BCUT2D eigenvalue weighted by Gasteiger charge is 1.99. The molecule has 2 nitrogen and oxygen atoms in total. The van der Waals surface area contributed by atoms with Crippen LogP contribution in [-0.2, 0) is 11.2 Å². The molecular weight excluding hydrogens is 212 g/mol. The summed E-state index contributed by atoms with van der Waals surface area (Å²) in [5.41, 5.74) is 1.32. The van der Waals surface area contributed by atoms with Crippen LogP contribution >= 0.6 is 0 Å². The lowest BCUT2D eigenvalue weighted by Crippen LogP contribution is -1.97. The van der Waals surface area contributed by atoms with Crippen LogP contribution in [0.2, 0.25) is 0 Å². The first-order valence-electron chi connectivity index (χ1n) is 5.98. The Morgan fingerprint density at radius 2 is 1.76 bits per heavy atom. The van der Waals surface area contributed by atoms with Crippen molar-refractivity contribution < 1.29 is 9.47 Å². The number of hydrogen-bond donors (Lipinski definition) is 0. The van der Waals surface area contributed by atoms with Crippen LogP contribution in [0.1, 0.15) is 12.5 Å². The van der Waals surface area contributed by atoms with E-state index in [-0.39, 0.29) is 0 Å². The molecule has 0 aliphatic rings. The molecule has 17 heavy (non-hydrogen) atoms. The molecule has 0 atom stereocenters. The highest BCUT2D eigenvalue weighted by atomic mass is 16.5. The third-order valence-electron chi connectivity index (χ3n) is 2.85. The van der Waals surface area contributed by atoms with Crippen molar-refractivity contribution in [3.05, 3.63) is 42.0 Å². The third-order valence-corrected chi connectivity index (χ3v) is 2.85. The number of methoxy groups -OCH3 is 1. The van der Waals surface area contributed by atoms with Gasteiger partial charge in [0.05, 0.1) is 13.7 Å². The van der Waals surface area contributed by atoms with Gasteiger partial charge in [-0.1, -0.05) is 24.3 Å². The summed E-state index contributed by atoms with van der Waals surface area (Å²) >= 11 is 0. The maximum Gasteiger partial charge on any atom is 0.119 e. The summed E-state index contributed by atoms with van der Waals surface area (Å²) in [6, 6.07) is 12.7. The molecule has 0 saturated heterocycles. The Labute approximate surface area is 102 Å². The van der Waals surface area contributed by atoms with E-state index in [0.29, 0.717) is 0 Å². The Balaban J connectivity index is 2.19. The molecule has 0 N–H and O–H groups in total. The zero-order valence-electron chi connectivity index (χ0n) is 10.4. The fourth-order valence-corrected chi connectivity index (χ4v) is 1.89. The van der Waals surface area contributed by atoms with Crippen LogP contribution in [0.25, 0.3) is 10.8 Å². The van der Waals surface area contributed by atoms with Gasteiger partial charge in [0.25, 0.3) is 0 Å². The molecule has 0 aliphatic carbocycles. The van der Waals surface area contributed by atoms with E-state index in [1.54, 1.807) is 7.11 Å². The second kappa shape index (κ2) is 5.69. The molecule has 90 valence electrons. The van der Waals surface area contributed by atoms with E-state index in [9.17, 15) is 0 Å². The topological polar surface area (TPSA) is 18.5 Å². The van der Waals surface area contributed by atoms with E-state index in [1.807, 2.05) is 13.0 Å². The van der Waals surface area contributed by atoms with Crippen molar-refractivity contribution in [3.8, 4) is 5.75 Å². The molecule has 0 unspecified atom stereocenters. The molecule has 0 radical (unpaired) electrons. The van der Waals surface area contributed by atoms with Crippen LogP contribution in [0.15, 0.2) is 36.4 Å². The van der Waals surface area contributed by atoms with Crippen LogP contribution in [0.4, 0.5) is 0 Å². The maximum absolute atomic E-state index is 5.37. The van der Waals surface area contributed by atoms with Gasteiger partial charge in [-0.05, 0) is 41.8 Å². The Morgan fingerprint density at radius 3 is 2.53 bits per heavy atom. The first kappa shape index (κ1) is 11.9. The zero-order valence-corrected chi connectivity index (χ0v) is 10.4. The summed E-state index contributed by atoms with van der Waals surface area (Å²) < 4.78 is 10.6. The van der Waals surface area contributed by atoms with Gasteiger partial charge in [-0.25, -0.2) is 0 Å². The van der Waals surface area contributed by atoms with Gasteiger partial charge in [0, 0.05) is 6.61 Å². The average Bonchev–Trinajstić information content (AvgIpc) is 2.38. The van der Waals surface area contributed by atoms with Gasteiger partial charge in [0.15, 0.2) is 0 Å². The number of ether oxygens (including phenoxy) is 2. The summed E-state index contributed by atoms with van der Waals surface area (Å²) in [4.78, 5) is 0. The Kier molecular flexibility index (Phi) is 3.99. The minimum atomic E-state index is 0.783. The third kappa shape index (κ3) is 2.98. The first-order chi connectivity index (χ1) is 8.33. The van der Waals surface area contributed by atoms with Gasteiger partial charge in [-0.2, -0.15) is 0 Å². The predicted octanol–water partition coefficient (Wildman–Crippen LogP) is 3.43. The summed E-state index contributed by atoms with van der Waals surface area (Å²) in [6.07, 6.45) is 0.968. The van der Waals surface area contributed by atoms with Gasteiger partial charge >= 0.3 is 0 Å². The van der Waals surface area contributed by atoms with Crippen molar-refractivity contribution in [2.75, 3.05) is 20.3 Å². The van der Waals surface area contributed by atoms with E-state index in [4.69, 9.17) is 9.47 Å². The van der Waals surface area contributed by atoms with Crippen molar-refractivity contribution in [1.82, 2.24) is 0 Å². The average molecular weight is 230 g/mol. The molecule has 0 fully saturated rings. The monoisotopic (exact) mass is 230 g/mol. The van der Waals surface area contributed by atoms with Crippen molar-refractivity contribution in [2.24, 2.45) is 0 Å². The minimum absolute atomic E-state index is 0.783. The standard InChI is InChI=1S/C15H18O2/c1-3-17-9-8-12-4-5-14-11-15(16-2)7-6-13(14)10-12/h4-7,10-11H,3,8-9H2,1-2H3. The van der Waals surface area contributed by atoms with E-state index >= 15 is 0 Å². The maximum atomic E-state index is 5.37. The van der Waals surface area contributed by atoms with Crippen LogP contribution in [0.5, 0.6) is 5.75 Å². The summed E-state index contributed by atoms with van der Waals surface area (Å²) in [6.45, 7) is 3.59. The van der Waals surface area contributed by atoms with Crippen LogP contribution < -0.4 is 4.74 Å². The lowest BCUT2D eigenvalue weighted by molar-refractivity contribution is 0.151. The molecule has 2 rings (SSSR count). The number of rotatable bonds is 5. The van der Waals surface area contributed by atoms with Gasteiger partial charge in [0.2, 0.25) is 0 Å². The van der Waals surface area contributed by atoms with E-state index < -0.39 is 0 Å². The van der Waals surface area contributed by atoms with Crippen molar-refractivity contribution in [2.45, 2.75) is 13.3 Å². The van der Waals surface area contributed by atoms with Crippen molar-refractivity contribution >= 4 is 10.8 Å². The number of benzene rings is 2. The zero-order chi connectivity index (χ0) is 12.1. The molecule has 0 spiro atoms. The van der Waals surface area contributed by atoms with Gasteiger partial charge in [-0.15, -0.1) is 0 Å². The fourth-order valence-electron chi connectivity index (χ4n) is 1.89. The normalized spacial score (nSPS) is 10.7. The smallest absolute Gasteiger partial charge is 0.119 e. The SMILES string of the molecule is CCOCCc1ccc2cc(OC)ccc2c1. The highest BCUT2D eigenvalue weighted by Crippen LogP contribution is 2.21. The molecule has 0 heterocycles. The predicted molar refractivity (Wildman–Crippen MR) is 70.7 cm³/mol. The van der Waals surface area contributed by atoms with Gasteiger partial charge in [0.1, 0.15) is 5.75 Å². The number of hydrogen-bond acceptors (Lipinski definition) is 2. The lowest BCUT2D eigenvalue weighted by atomic mass is 10.1.